The summed E-state index contributed by atoms with van der Waals surface area (Å²) in [5, 5.41) is 8.23. The second-order valence-electron chi connectivity index (χ2n) is 8.12. The first-order chi connectivity index (χ1) is 17.7. The van der Waals surface area contributed by atoms with Gasteiger partial charge in [-0.3, -0.25) is 14.6 Å². The van der Waals surface area contributed by atoms with Crippen molar-refractivity contribution in [1.82, 2.24) is 44.8 Å². The highest BCUT2D eigenvalue weighted by molar-refractivity contribution is 6.45. The Bertz CT molecular complexity index is 1600. The van der Waals surface area contributed by atoms with E-state index in [0.717, 1.165) is 17.0 Å². The number of hydrogen-bond donors (Lipinski definition) is 1. The van der Waals surface area contributed by atoms with Gasteiger partial charge >= 0.3 is 0 Å². The van der Waals surface area contributed by atoms with E-state index in [1.165, 1.54) is 41.6 Å². The molecule has 0 radical (unpaired) electrons. The number of methoxy groups -OCH3 is 1. The predicted molar refractivity (Wildman–Crippen MR) is 126 cm³/mol. The summed E-state index contributed by atoms with van der Waals surface area (Å²) < 4.78 is 6.92. The highest BCUT2D eigenvalue weighted by Gasteiger charge is 2.31. The van der Waals surface area contributed by atoms with E-state index in [1.807, 2.05) is 18.2 Å². The molecule has 0 saturated heterocycles. The van der Waals surface area contributed by atoms with Gasteiger partial charge in [-0.15, -0.1) is 5.10 Å². The van der Waals surface area contributed by atoms with Gasteiger partial charge in [0, 0.05) is 24.5 Å². The number of pyridine rings is 2. The van der Waals surface area contributed by atoms with Crippen LogP contribution in [-0.4, -0.2) is 70.2 Å². The number of ether oxygens (including phenoxy) is 1. The summed E-state index contributed by atoms with van der Waals surface area (Å²) in [4.78, 5) is 48.9. The minimum atomic E-state index is -0.655. The van der Waals surface area contributed by atoms with Gasteiger partial charge in [-0.25, -0.2) is 19.6 Å². The fourth-order valence-electron chi connectivity index (χ4n) is 4.44. The number of aromatic amines is 1. The van der Waals surface area contributed by atoms with Gasteiger partial charge in [-0.1, -0.05) is 11.3 Å². The van der Waals surface area contributed by atoms with Crippen LogP contribution in [-0.2, 0) is 17.8 Å². The van der Waals surface area contributed by atoms with E-state index in [-0.39, 0.29) is 12.1 Å². The zero-order chi connectivity index (χ0) is 24.6. The van der Waals surface area contributed by atoms with Crippen LogP contribution in [0.15, 0.2) is 55.5 Å². The Morgan fingerprint density at radius 2 is 2.03 bits per heavy atom. The number of nitrogens with one attached hydrogen (secondary N) is 1. The molecule has 36 heavy (non-hydrogen) atoms. The van der Waals surface area contributed by atoms with Crippen LogP contribution in [0.2, 0.25) is 0 Å². The molecule has 0 aromatic carbocycles. The normalized spacial score (nSPS) is 13.0. The maximum absolute atomic E-state index is 13.4. The Hall–Kier alpha value is -5.00. The van der Waals surface area contributed by atoms with Gasteiger partial charge < -0.3 is 14.6 Å². The molecule has 1 N–H and O–H groups in total. The van der Waals surface area contributed by atoms with Crippen LogP contribution in [0.5, 0.6) is 5.75 Å². The number of H-pyrrole nitrogens is 1. The molecule has 0 saturated carbocycles. The Kier molecular flexibility index (Phi) is 5.17. The van der Waals surface area contributed by atoms with Crippen LogP contribution in [0.25, 0.3) is 28.1 Å². The van der Waals surface area contributed by atoms with Crippen molar-refractivity contribution in [2.75, 3.05) is 13.7 Å². The summed E-state index contributed by atoms with van der Waals surface area (Å²) in [7, 11) is 1.48. The summed E-state index contributed by atoms with van der Waals surface area (Å²) in [5.41, 5.74) is 3.83. The van der Waals surface area contributed by atoms with Gasteiger partial charge in [0.1, 0.15) is 12.1 Å². The lowest BCUT2D eigenvalue weighted by molar-refractivity contribution is -0.127. The Balaban J connectivity index is 1.32. The molecule has 178 valence electrons. The van der Waals surface area contributed by atoms with Gasteiger partial charge in [-0.2, -0.15) is 0 Å². The third-order valence-corrected chi connectivity index (χ3v) is 6.15. The number of carbonyl (C=O) groups is 2. The molecule has 1 aliphatic rings. The van der Waals surface area contributed by atoms with Crippen LogP contribution in [0.4, 0.5) is 0 Å². The predicted octanol–water partition coefficient (Wildman–Crippen LogP) is 1.77. The van der Waals surface area contributed by atoms with Crippen molar-refractivity contribution < 1.29 is 14.3 Å². The summed E-state index contributed by atoms with van der Waals surface area (Å²) in [6, 6.07) is 5.62. The van der Waals surface area contributed by atoms with Crippen molar-refractivity contribution in [3.05, 3.63) is 72.3 Å². The molecule has 0 atom stereocenters. The van der Waals surface area contributed by atoms with E-state index in [2.05, 4.69) is 35.2 Å². The third kappa shape index (κ3) is 3.47. The molecule has 0 fully saturated rings. The topological polar surface area (TPSA) is 145 Å². The van der Waals surface area contributed by atoms with Crippen molar-refractivity contribution in [3.8, 4) is 23.0 Å². The molecule has 0 aliphatic carbocycles. The zero-order valence-electron chi connectivity index (χ0n) is 19.1. The second kappa shape index (κ2) is 8.65. The van der Waals surface area contributed by atoms with Gasteiger partial charge in [0.05, 0.1) is 65.8 Å². The van der Waals surface area contributed by atoms with Crippen molar-refractivity contribution in [2.45, 2.75) is 13.0 Å². The van der Waals surface area contributed by atoms with E-state index in [4.69, 9.17) is 4.74 Å². The number of carbonyl (C=O) groups excluding carboxylic acids is 2. The number of amides is 1. The molecule has 5 aromatic rings. The van der Waals surface area contributed by atoms with Crippen LogP contribution in [0.3, 0.4) is 0 Å². The smallest absolute Gasteiger partial charge is 0.295 e. The number of fused-ring (bicyclic) bond motifs is 2. The molecule has 12 nitrogen and oxygen atoms in total. The number of ketones is 1. The minimum Gasteiger partial charge on any atom is -0.494 e. The maximum atomic E-state index is 13.4. The number of Topliss-reactive ketones (excluding diaryl/α,β-unsaturated/α-hetero) is 1. The number of aromatic nitrogens is 8. The van der Waals surface area contributed by atoms with Gasteiger partial charge in [-0.05, 0) is 18.6 Å². The van der Waals surface area contributed by atoms with Gasteiger partial charge in [0.25, 0.3) is 11.7 Å². The third-order valence-electron chi connectivity index (χ3n) is 6.15. The Morgan fingerprint density at radius 3 is 2.81 bits per heavy atom. The van der Waals surface area contributed by atoms with E-state index in [0.29, 0.717) is 41.1 Å². The molecule has 6 heterocycles. The van der Waals surface area contributed by atoms with E-state index in [1.54, 1.807) is 12.4 Å². The number of hydrogen-bond acceptors (Lipinski definition) is 9. The molecule has 1 amide bonds. The first-order valence-corrected chi connectivity index (χ1v) is 11.1. The lowest BCUT2D eigenvalue weighted by Gasteiger charge is -2.28. The summed E-state index contributed by atoms with van der Waals surface area (Å²) >= 11 is 0. The van der Waals surface area contributed by atoms with Crippen LogP contribution in [0, 0.1) is 0 Å². The average molecular weight is 481 g/mol. The monoisotopic (exact) mass is 481 g/mol. The fourth-order valence-corrected chi connectivity index (χ4v) is 4.44. The van der Waals surface area contributed by atoms with Crippen molar-refractivity contribution in [2.24, 2.45) is 0 Å². The lowest BCUT2D eigenvalue weighted by Crippen LogP contribution is -2.40. The number of rotatable bonds is 5. The molecular weight excluding hydrogens is 462 g/mol. The quantitative estimate of drug-likeness (QED) is 0.293. The first kappa shape index (κ1) is 21.5. The van der Waals surface area contributed by atoms with Gasteiger partial charge in [0.15, 0.2) is 5.82 Å². The van der Waals surface area contributed by atoms with Crippen LogP contribution in [0.1, 0.15) is 21.6 Å². The van der Waals surface area contributed by atoms with Gasteiger partial charge in [0.2, 0.25) is 0 Å². The van der Waals surface area contributed by atoms with Crippen molar-refractivity contribution in [3.63, 3.8) is 0 Å². The summed E-state index contributed by atoms with van der Waals surface area (Å²) in [6.45, 7) is 0.559. The summed E-state index contributed by atoms with van der Waals surface area (Å²) in [5.74, 6) is -0.484. The molecule has 6 rings (SSSR count). The SMILES string of the molecule is COc1cnc(-n2ccnn2)c2[nH]cc(C(=O)C(=O)N3CCc4c(ncnc4-c4ccccn4)C3)c12. The highest BCUT2D eigenvalue weighted by Crippen LogP contribution is 2.32. The van der Waals surface area contributed by atoms with Crippen molar-refractivity contribution in [1.29, 1.82) is 0 Å². The highest BCUT2D eigenvalue weighted by atomic mass is 16.5. The van der Waals surface area contributed by atoms with Crippen LogP contribution >= 0.6 is 0 Å². The standard InChI is InChI=1S/C24H19N9O3/c1-36-18-11-27-23(33-9-7-30-31-33)21-19(18)15(10-26-21)22(34)24(35)32-8-5-14-17(12-32)28-13-29-20(14)16-4-2-3-6-25-16/h2-4,6-7,9-11,13,26H,5,8,12H2,1H3. The fraction of sp³-hybridized carbons (Fsp3) is 0.167. The molecule has 1 aliphatic heterocycles. The average Bonchev–Trinajstić information content (AvgIpc) is 3.63. The minimum absolute atomic E-state index is 0.193. The van der Waals surface area contributed by atoms with Crippen molar-refractivity contribution >= 4 is 22.6 Å². The summed E-state index contributed by atoms with van der Waals surface area (Å²) in [6.07, 6.45) is 9.82. The number of nitrogens with zero attached hydrogens (tertiary/aromatic N) is 8. The molecule has 0 spiro atoms. The molecule has 0 bridgehead atoms. The lowest BCUT2D eigenvalue weighted by atomic mass is 10.00. The molecular formula is C24H19N9O3. The molecule has 0 unspecified atom stereocenters. The van der Waals surface area contributed by atoms with Crippen LogP contribution < -0.4 is 4.74 Å². The maximum Gasteiger partial charge on any atom is 0.295 e. The zero-order valence-corrected chi connectivity index (χ0v) is 19.1. The molecule has 5 aromatic heterocycles. The largest absolute Gasteiger partial charge is 0.494 e. The van der Waals surface area contributed by atoms with E-state index in [9.17, 15) is 9.59 Å². The molecule has 12 heteroatoms. The van der Waals surface area contributed by atoms with E-state index >= 15 is 0 Å². The second-order valence-corrected chi connectivity index (χ2v) is 8.12. The Labute approximate surface area is 204 Å². The van der Waals surface area contributed by atoms with E-state index < -0.39 is 11.7 Å². The Morgan fingerprint density at radius 1 is 1.11 bits per heavy atom. The first-order valence-electron chi connectivity index (χ1n) is 11.1.